The molecule has 0 bridgehead atoms. The van der Waals surface area contributed by atoms with E-state index in [0.29, 0.717) is 12.0 Å². The lowest BCUT2D eigenvalue weighted by Gasteiger charge is -2.14. The number of carbonyl (C=O) groups excluding carboxylic acids is 1. The molecular formula is C13H11NO2. The summed E-state index contributed by atoms with van der Waals surface area (Å²) in [5, 5.41) is 1.21. The van der Waals surface area contributed by atoms with Crippen molar-refractivity contribution in [3.63, 3.8) is 0 Å². The van der Waals surface area contributed by atoms with E-state index in [1.165, 1.54) is 23.6 Å². The van der Waals surface area contributed by atoms with E-state index >= 15 is 0 Å². The van der Waals surface area contributed by atoms with Crippen LogP contribution in [0.1, 0.15) is 5.56 Å². The molecule has 1 aliphatic heterocycles. The van der Waals surface area contributed by atoms with Crippen LogP contribution in [0, 0.1) is 0 Å². The van der Waals surface area contributed by atoms with Crippen LogP contribution in [0.4, 0.5) is 0 Å². The van der Waals surface area contributed by atoms with Gasteiger partial charge in [-0.15, -0.1) is 0 Å². The number of aromatic nitrogens is 1. The highest BCUT2D eigenvalue weighted by Gasteiger charge is 2.18. The van der Waals surface area contributed by atoms with Gasteiger partial charge >= 0.3 is 5.97 Å². The SMILES string of the molecule is COC(=O)C1=Cn2ccc3cccc(c32)C1. The lowest BCUT2D eigenvalue weighted by molar-refractivity contribution is -0.136. The Bertz CT molecular complexity index is 607. The first kappa shape index (κ1) is 9.21. The fraction of sp³-hybridized carbons (Fsp3) is 0.154. The van der Waals surface area contributed by atoms with Crippen molar-refractivity contribution in [2.75, 3.05) is 7.11 Å². The van der Waals surface area contributed by atoms with E-state index in [-0.39, 0.29) is 5.97 Å². The van der Waals surface area contributed by atoms with Crippen LogP contribution in [0.2, 0.25) is 0 Å². The molecule has 0 atom stereocenters. The van der Waals surface area contributed by atoms with Crippen molar-refractivity contribution >= 4 is 23.1 Å². The fourth-order valence-corrected chi connectivity index (χ4v) is 2.22. The smallest absolute Gasteiger partial charge is 0.335 e. The molecule has 0 saturated heterocycles. The van der Waals surface area contributed by atoms with Crippen LogP contribution in [-0.4, -0.2) is 17.6 Å². The van der Waals surface area contributed by atoms with Gasteiger partial charge < -0.3 is 9.30 Å². The lowest BCUT2D eigenvalue weighted by atomic mass is 10.0. The van der Waals surface area contributed by atoms with Crippen molar-refractivity contribution in [3.8, 4) is 0 Å². The van der Waals surface area contributed by atoms with E-state index in [0.717, 1.165) is 0 Å². The van der Waals surface area contributed by atoms with E-state index in [4.69, 9.17) is 4.74 Å². The van der Waals surface area contributed by atoms with Crippen LogP contribution in [0.25, 0.3) is 17.1 Å². The maximum Gasteiger partial charge on any atom is 0.335 e. The molecule has 3 rings (SSSR count). The summed E-state index contributed by atoms with van der Waals surface area (Å²) in [7, 11) is 1.41. The Labute approximate surface area is 92.9 Å². The van der Waals surface area contributed by atoms with E-state index < -0.39 is 0 Å². The lowest BCUT2D eigenvalue weighted by Crippen LogP contribution is -2.12. The monoisotopic (exact) mass is 213 g/mol. The number of benzene rings is 1. The van der Waals surface area contributed by atoms with Gasteiger partial charge in [0.2, 0.25) is 0 Å². The number of para-hydroxylation sites is 1. The molecule has 1 aromatic heterocycles. The molecule has 0 spiro atoms. The Morgan fingerprint density at radius 1 is 1.38 bits per heavy atom. The predicted molar refractivity (Wildman–Crippen MR) is 61.9 cm³/mol. The highest BCUT2D eigenvalue weighted by atomic mass is 16.5. The number of ether oxygens (including phenoxy) is 1. The van der Waals surface area contributed by atoms with Crippen LogP contribution >= 0.6 is 0 Å². The number of carbonyl (C=O) groups is 1. The molecule has 16 heavy (non-hydrogen) atoms. The molecular weight excluding hydrogens is 202 g/mol. The van der Waals surface area contributed by atoms with Gasteiger partial charge in [-0.1, -0.05) is 18.2 Å². The third-order valence-electron chi connectivity index (χ3n) is 2.95. The summed E-state index contributed by atoms with van der Waals surface area (Å²) in [6.45, 7) is 0. The zero-order valence-corrected chi connectivity index (χ0v) is 8.93. The van der Waals surface area contributed by atoms with Gasteiger partial charge in [0.25, 0.3) is 0 Å². The quantitative estimate of drug-likeness (QED) is 0.680. The minimum absolute atomic E-state index is 0.253. The Balaban J connectivity index is 2.22. The Hall–Kier alpha value is -2.03. The van der Waals surface area contributed by atoms with Gasteiger partial charge in [0.05, 0.1) is 18.2 Å². The number of esters is 1. The zero-order chi connectivity index (χ0) is 11.1. The maximum absolute atomic E-state index is 11.5. The molecule has 0 fully saturated rings. The molecule has 3 nitrogen and oxygen atoms in total. The topological polar surface area (TPSA) is 31.2 Å². The van der Waals surface area contributed by atoms with E-state index in [1.54, 1.807) is 0 Å². The summed E-state index contributed by atoms with van der Waals surface area (Å²) >= 11 is 0. The van der Waals surface area contributed by atoms with Gasteiger partial charge in [-0.05, 0) is 11.6 Å². The zero-order valence-electron chi connectivity index (χ0n) is 8.93. The van der Waals surface area contributed by atoms with Gasteiger partial charge in [-0.3, -0.25) is 0 Å². The van der Waals surface area contributed by atoms with Gasteiger partial charge in [0.15, 0.2) is 0 Å². The normalized spacial score (nSPS) is 13.7. The number of hydrogen-bond donors (Lipinski definition) is 0. The largest absolute Gasteiger partial charge is 0.466 e. The first-order valence-corrected chi connectivity index (χ1v) is 5.17. The van der Waals surface area contributed by atoms with Crippen molar-refractivity contribution in [3.05, 3.63) is 41.6 Å². The van der Waals surface area contributed by atoms with Crippen molar-refractivity contribution in [2.45, 2.75) is 6.42 Å². The molecule has 3 heteroatoms. The second-order valence-corrected chi connectivity index (χ2v) is 3.90. The second kappa shape index (κ2) is 3.23. The number of rotatable bonds is 1. The third-order valence-corrected chi connectivity index (χ3v) is 2.95. The van der Waals surface area contributed by atoms with Gasteiger partial charge in [-0.25, -0.2) is 4.79 Å². The highest BCUT2D eigenvalue weighted by Crippen LogP contribution is 2.27. The summed E-state index contributed by atoms with van der Waals surface area (Å²) in [6.07, 6.45) is 4.46. The Morgan fingerprint density at radius 3 is 3.06 bits per heavy atom. The molecule has 0 N–H and O–H groups in total. The first-order chi connectivity index (χ1) is 7.79. The van der Waals surface area contributed by atoms with Gasteiger partial charge in [-0.2, -0.15) is 0 Å². The maximum atomic E-state index is 11.5. The van der Waals surface area contributed by atoms with E-state index in [2.05, 4.69) is 18.2 Å². The summed E-state index contributed by atoms with van der Waals surface area (Å²) in [5.74, 6) is -0.253. The molecule has 0 saturated carbocycles. The first-order valence-electron chi connectivity index (χ1n) is 5.17. The van der Waals surface area contributed by atoms with E-state index in [1.807, 2.05) is 23.0 Å². The number of hydrogen-bond acceptors (Lipinski definition) is 2. The molecule has 2 heterocycles. The molecule has 0 aliphatic carbocycles. The van der Waals surface area contributed by atoms with E-state index in [9.17, 15) is 4.79 Å². The summed E-state index contributed by atoms with van der Waals surface area (Å²) in [5.41, 5.74) is 3.05. The standard InChI is InChI=1S/C13H11NO2/c1-16-13(15)11-7-10-4-2-3-9-5-6-14(8-11)12(9)10/h2-6,8H,7H2,1H3. The molecule has 1 aliphatic rings. The van der Waals surface area contributed by atoms with Crippen LogP contribution in [-0.2, 0) is 16.0 Å². The molecule has 80 valence electrons. The van der Waals surface area contributed by atoms with Crippen LogP contribution < -0.4 is 0 Å². The van der Waals surface area contributed by atoms with Crippen LogP contribution in [0.3, 0.4) is 0 Å². The van der Waals surface area contributed by atoms with Crippen LogP contribution in [0.15, 0.2) is 36.0 Å². The Kier molecular flexibility index (Phi) is 1.86. The minimum Gasteiger partial charge on any atom is -0.466 e. The summed E-state index contributed by atoms with van der Waals surface area (Å²) in [4.78, 5) is 11.5. The highest BCUT2D eigenvalue weighted by molar-refractivity contribution is 5.97. The van der Waals surface area contributed by atoms with Crippen LogP contribution in [0.5, 0.6) is 0 Å². The van der Waals surface area contributed by atoms with Crippen molar-refractivity contribution < 1.29 is 9.53 Å². The average Bonchev–Trinajstić information content (AvgIpc) is 2.73. The number of methoxy groups -OCH3 is 1. The molecule has 0 unspecified atom stereocenters. The molecule has 2 aromatic rings. The summed E-state index contributed by atoms with van der Waals surface area (Å²) < 4.78 is 6.74. The molecule has 0 amide bonds. The van der Waals surface area contributed by atoms with Crippen molar-refractivity contribution in [2.24, 2.45) is 0 Å². The van der Waals surface area contributed by atoms with Gasteiger partial charge in [0.1, 0.15) is 0 Å². The second-order valence-electron chi connectivity index (χ2n) is 3.90. The van der Waals surface area contributed by atoms with Crippen molar-refractivity contribution in [1.82, 2.24) is 4.57 Å². The summed E-state index contributed by atoms with van der Waals surface area (Å²) in [6, 6.07) is 8.19. The Morgan fingerprint density at radius 2 is 2.25 bits per heavy atom. The average molecular weight is 213 g/mol. The number of nitrogens with zero attached hydrogens (tertiary/aromatic N) is 1. The fourth-order valence-electron chi connectivity index (χ4n) is 2.22. The molecule has 0 radical (unpaired) electrons. The van der Waals surface area contributed by atoms with Gasteiger partial charge in [0, 0.05) is 24.2 Å². The third kappa shape index (κ3) is 1.18. The molecule has 1 aromatic carbocycles. The van der Waals surface area contributed by atoms with Crippen molar-refractivity contribution in [1.29, 1.82) is 0 Å². The minimum atomic E-state index is -0.253. The predicted octanol–water partition coefficient (Wildman–Crippen LogP) is 2.21.